The minimum Gasteiger partial charge on any atom is -0.365 e. The molecule has 2 heterocycles. The minimum absolute atomic E-state index is 0.133. The highest BCUT2D eigenvalue weighted by Gasteiger charge is 2.25. The second-order valence-corrected chi connectivity index (χ2v) is 9.23. The van der Waals surface area contributed by atoms with Gasteiger partial charge in [-0.3, -0.25) is 9.59 Å². The van der Waals surface area contributed by atoms with E-state index in [-0.39, 0.29) is 11.7 Å². The molecule has 0 atom stereocenters. The molecule has 0 bridgehead atoms. The molecular formula is C20H28N4O2S2. The number of rotatable bonds is 8. The number of thiophene rings is 1. The van der Waals surface area contributed by atoms with E-state index in [1.54, 1.807) is 0 Å². The Morgan fingerprint density at radius 2 is 2.04 bits per heavy atom. The van der Waals surface area contributed by atoms with Crippen LogP contribution in [-0.4, -0.2) is 27.1 Å². The number of fused-ring (bicyclic) bond motifs is 1. The minimum atomic E-state index is -0.455. The molecule has 0 aliphatic heterocycles. The van der Waals surface area contributed by atoms with Crippen LogP contribution in [0.4, 0.5) is 5.00 Å². The van der Waals surface area contributed by atoms with Gasteiger partial charge in [-0.2, -0.15) is 0 Å². The van der Waals surface area contributed by atoms with E-state index in [2.05, 4.69) is 28.7 Å². The van der Waals surface area contributed by atoms with Crippen LogP contribution >= 0.6 is 23.1 Å². The molecule has 3 rings (SSSR count). The SMILES string of the molecule is CCCCn1c(SCC(=O)Nc2sc3c(c2C(N)=O)CCCC3)nc(C)c1C. The lowest BCUT2D eigenvalue weighted by Crippen LogP contribution is -2.19. The number of carbonyl (C=O) groups excluding carboxylic acids is 2. The van der Waals surface area contributed by atoms with Gasteiger partial charge in [0.15, 0.2) is 5.16 Å². The first-order valence-electron chi connectivity index (χ1n) is 9.83. The molecule has 0 saturated carbocycles. The Kier molecular flexibility index (Phi) is 6.82. The highest BCUT2D eigenvalue weighted by atomic mass is 32.2. The van der Waals surface area contributed by atoms with E-state index in [0.29, 0.717) is 10.6 Å². The quantitative estimate of drug-likeness (QED) is 0.630. The summed E-state index contributed by atoms with van der Waals surface area (Å²) in [6.07, 6.45) is 6.19. The summed E-state index contributed by atoms with van der Waals surface area (Å²) >= 11 is 2.94. The van der Waals surface area contributed by atoms with Crippen molar-refractivity contribution < 1.29 is 9.59 Å². The van der Waals surface area contributed by atoms with E-state index in [1.165, 1.54) is 28.0 Å². The molecule has 2 amide bonds. The molecular weight excluding hydrogens is 392 g/mol. The molecule has 28 heavy (non-hydrogen) atoms. The van der Waals surface area contributed by atoms with Crippen LogP contribution in [0.2, 0.25) is 0 Å². The number of aromatic nitrogens is 2. The third kappa shape index (κ3) is 4.43. The highest BCUT2D eigenvalue weighted by molar-refractivity contribution is 7.99. The molecule has 0 fully saturated rings. The molecule has 6 nitrogen and oxygen atoms in total. The van der Waals surface area contributed by atoms with Crippen LogP contribution in [0.1, 0.15) is 64.8 Å². The van der Waals surface area contributed by atoms with Crippen molar-refractivity contribution in [3.63, 3.8) is 0 Å². The van der Waals surface area contributed by atoms with Gasteiger partial charge in [0.25, 0.3) is 5.91 Å². The standard InChI is InChI=1S/C20H28N4O2S2/c1-4-5-10-24-13(3)12(2)22-20(24)27-11-16(25)23-19-17(18(21)26)14-8-6-7-9-15(14)28-19/h4-11H2,1-3H3,(H2,21,26)(H,23,25). The zero-order valence-electron chi connectivity index (χ0n) is 16.8. The monoisotopic (exact) mass is 420 g/mol. The lowest BCUT2D eigenvalue weighted by Gasteiger charge is -2.11. The molecule has 0 aromatic carbocycles. The average molecular weight is 421 g/mol. The Morgan fingerprint density at radius 1 is 1.29 bits per heavy atom. The van der Waals surface area contributed by atoms with Crippen LogP contribution in [-0.2, 0) is 24.2 Å². The number of imidazole rings is 1. The van der Waals surface area contributed by atoms with E-state index in [4.69, 9.17) is 5.73 Å². The van der Waals surface area contributed by atoms with Crippen molar-refractivity contribution in [2.45, 2.75) is 71.0 Å². The van der Waals surface area contributed by atoms with Crippen molar-refractivity contribution in [3.8, 4) is 0 Å². The summed E-state index contributed by atoms with van der Waals surface area (Å²) in [4.78, 5) is 30.3. The number of nitrogens with one attached hydrogen (secondary N) is 1. The van der Waals surface area contributed by atoms with Gasteiger partial charge >= 0.3 is 0 Å². The summed E-state index contributed by atoms with van der Waals surface area (Å²) in [6.45, 7) is 7.14. The first-order chi connectivity index (χ1) is 13.4. The molecule has 0 saturated heterocycles. The molecule has 3 N–H and O–H groups in total. The van der Waals surface area contributed by atoms with Crippen molar-refractivity contribution in [2.75, 3.05) is 11.1 Å². The van der Waals surface area contributed by atoms with Gasteiger partial charge in [0, 0.05) is 17.1 Å². The van der Waals surface area contributed by atoms with E-state index in [0.717, 1.165) is 67.2 Å². The Labute approximate surface area is 174 Å². The predicted octanol–water partition coefficient (Wildman–Crippen LogP) is 4.07. The number of unbranched alkanes of at least 4 members (excludes halogenated alkanes) is 1. The van der Waals surface area contributed by atoms with E-state index < -0.39 is 5.91 Å². The van der Waals surface area contributed by atoms with Gasteiger partial charge in [-0.05, 0) is 51.5 Å². The zero-order valence-corrected chi connectivity index (χ0v) is 18.4. The number of anilines is 1. The Bertz CT molecular complexity index is 885. The van der Waals surface area contributed by atoms with Crippen LogP contribution < -0.4 is 11.1 Å². The maximum atomic E-state index is 12.6. The normalized spacial score (nSPS) is 13.4. The zero-order chi connectivity index (χ0) is 20.3. The largest absolute Gasteiger partial charge is 0.365 e. The highest BCUT2D eigenvalue weighted by Crippen LogP contribution is 2.38. The summed E-state index contributed by atoms with van der Waals surface area (Å²) in [5.74, 6) is -0.335. The van der Waals surface area contributed by atoms with Gasteiger partial charge in [-0.1, -0.05) is 25.1 Å². The number of hydrogen-bond acceptors (Lipinski definition) is 5. The second-order valence-electron chi connectivity index (χ2n) is 7.19. The van der Waals surface area contributed by atoms with Crippen molar-refractivity contribution in [1.82, 2.24) is 9.55 Å². The van der Waals surface area contributed by atoms with Crippen LogP contribution in [0.3, 0.4) is 0 Å². The molecule has 152 valence electrons. The Hall–Kier alpha value is -1.80. The van der Waals surface area contributed by atoms with E-state index >= 15 is 0 Å². The maximum absolute atomic E-state index is 12.6. The first-order valence-corrected chi connectivity index (χ1v) is 11.6. The van der Waals surface area contributed by atoms with E-state index in [9.17, 15) is 9.59 Å². The van der Waals surface area contributed by atoms with Crippen molar-refractivity contribution >= 4 is 39.9 Å². The molecule has 1 aliphatic carbocycles. The van der Waals surface area contributed by atoms with Crippen LogP contribution in [0.25, 0.3) is 0 Å². The number of amides is 2. The van der Waals surface area contributed by atoms with Gasteiger partial charge in [0.1, 0.15) is 5.00 Å². The summed E-state index contributed by atoms with van der Waals surface area (Å²) in [5, 5.41) is 4.40. The fourth-order valence-corrected chi connectivity index (χ4v) is 5.75. The van der Waals surface area contributed by atoms with Gasteiger partial charge < -0.3 is 15.6 Å². The van der Waals surface area contributed by atoms with Crippen molar-refractivity contribution in [3.05, 3.63) is 27.4 Å². The number of aryl methyl sites for hydroxylation is 2. The third-order valence-electron chi connectivity index (χ3n) is 5.16. The molecule has 8 heteroatoms. The lowest BCUT2D eigenvalue weighted by molar-refractivity contribution is -0.113. The predicted molar refractivity (Wildman–Crippen MR) is 115 cm³/mol. The summed E-state index contributed by atoms with van der Waals surface area (Å²) in [7, 11) is 0. The topological polar surface area (TPSA) is 90.0 Å². The smallest absolute Gasteiger partial charge is 0.251 e. The van der Waals surface area contributed by atoms with Gasteiger partial charge in [-0.25, -0.2) is 4.98 Å². The van der Waals surface area contributed by atoms with Gasteiger partial charge in [0.05, 0.1) is 17.0 Å². The molecule has 0 radical (unpaired) electrons. The maximum Gasteiger partial charge on any atom is 0.251 e. The molecule has 2 aromatic rings. The molecule has 0 spiro atoms. The first kappa shape index (κ1) is 20.9. The third-order valence-corrected chi connectivity index (χ3v) is 7.34. The van der Waals surface area contributed by atoms with E-state index in [1.807, 2.05) is 6.92 Å². The number of nitrogens with two attached hydrogens (primary N) is 1. The number of thioether (sulfide) groups is 1. The Balaban J connectivity index is 1.70. The Morgan fingerprint density at radius 3 is 2.75 bits per heavy atom. The van der Waals surface area contributed by atoms with Gasteiger partial charge in [-0.15, -0.1) is 11.3 Å². The van der Waals surface area contributed by atoms with Crippen LogP contribution in [0, 0.1) is 13.8 Å². The number of carbonyl (C=O) groups is 2. The average Bonchev–Trinajstić information content (AvgIpc) is 3.15. The van der Waals surface area contributed by atoms with Crippen LogP contribution in [0.15, 0.2) is 5.16 Å². The summed E-state index contributed by atoms with van der Waals surface area (Å²) in [5.41, 5.74) is 9.30. The van der Waals surface area contributed by atoms with Crippen molar-refractivity contribution in [2.24, 2.45) is 5.73 Å². The van der Waals surface area contributed by atoms with Crippen molar-refractivity contribution in [1.29, 1.82) is 0 Å². The fourth-order valence-electron chi connectivity index (χ4n) is 3.52. The number of hydrogen-bond donors (Lipinski definition) is 2. The fraction of sp³-hybridized carbons (Fsp3) is 0.550. The number of primary amides is 1. The summed E-state index contributed by atoms with van der Waals surface area (Å²) < 4.78 is 2.19. The molecule has 1 aliphatic rings. The number of nitrogens with zero attached hydrogens (tertiary/aromatic N) is 2. The van der Waals surface area contributed by atoms with Crippen LogP contribution in [0.5, 0.6) is 0 Å². The lowest BCUT2D eigenvalue weighted by atomic mass is 9.95. The second kappa shape index (κ2) is 9.13. The molecule has 2 aromatic heterocycles. The molecule has 0 unspecified atom stereocenters. The van der Waals surface area contributed by atoms with Gasteiger partial charge in [0.2, 0.25) is 5.91 Å². The summed E-state index contributed by atoms with van der Waals surface area (Å²) in [6, 6.07) is 0.